The van der Waals surface area contributed by atoms with Crippen molar-refractivity contribution >= 4 is 41.5 Å². The molecule has 0 atom stereocenters. The lowest BCUT2D eigenvalue weighted by Gasteiger charge is -2.27. The van der Waals surface area contributed by atoms with Gasteiger partial charge >= 0.3 is 0 Å². The van der Waals surface area contributed by atoms with Crippen LogP contribution in [0.3, 0.4) is 0 Å². The van der Waals surface area contributed by atoms with Gasteiger partial charge in [-0.05, 0) is 38.5 Å². The number of benzene rings is 1. The Morgan fingerprint density at radius 1 is 1.29 bits per heavy atom. The number of hydrogen-bond acceptors (Lipinski definition) is 2. The van der Waals surface area contributed by atoms with Gasteiger partial charge in [0.25, 0.3) is 0 Å². The topological polar surface area (TPSA) is 54.2 Å². The molecular formula is C20H30ClFIN5. The molecule has 28 heavy (non-hydrogen) atoms. The average Bonchev–Trinajstić information content (AvgIpc) is 2.82. The van der Waals surface area contributed by atoms with Crippen molar-refractivity contribution in [3.8, 4) is 0 Å². The maximum Gasteiger partial charge on any atom is 0.191 e. The van der Waals surface area contributed by atoms with E-state index in [1.807, 2.05) is 32.5 Å². The van der Waals surface area contributed by atoms with E-state index in [0.29, 0.717) is 18.1 Å². The van der Waals surface area contributed by atoms with Crippen molar-refractivity contribution in [3.63, 3.8) is 0 Å². The molecule has 0 radical (unpaired) electrons. The molecule has 0 spiro atoms. The van der Waals surface area contributed by atoms with Gasteiger partial charge in [-0.25, -0.2) is 9.38 Å². The minimum Gasteiger partial charge on any atom is -0.357 e. The number of aryl methyl sites for hydroxylation is 2. The second kappa shape index (κ2) is 10.4. The molecule has 0 bridgehead atoms. The maximum absolute atomic E-state index is 13.3. The molecule has 8 heteroatoms. The highest BCUT2D eigenvalue weighted by atomic mass is 127. The minimum atomic E-state index is -0.329. The Morgan fingerprint density at radius 2 is 1.96 bits per heavy atom. The fourth-order valence-corrected chi connectivity index (χ4v) is 3.41. The van der Waals surface area contributed by atoms with Gasteiger partial charge in [-0.3, -0.25) is 4.68 Å². The van der Waals surface area contributed by atoms with Crippen molar-refractivity contribution in [2.75, 3.05) is 13.1 Å². The summed E-state index contributed by atoms with van der Waals surface area (Å²) in [7, 11) is 1.94. The fourth-order valence-electron chi connectivity index (χ4n) is 2.98. The number of nitrogens with one attached hydrogen (secondary N) is 2. The van der Waals surface area contributed by atoms with Crippen molar-refractivity contribution < 1.29 is 4.39 Å². The third kappa shape index (κ3) is 6.07. The Bertz CT molecular complexity index is 832. The summed E-state index contributed by atoms with van der Waals surface area (Å²) in [5, 5.41) is 11.5. The van der Waals surface area contributed by atoms with Crippen molar-refractivity contribution in [2.45, 2.75) is 46.6 Å². The van der Waals surface area contributed by atoms with E-state index < -0.39 is 0 Å². The van der Waals surface area contributed by atoms with E-state index in [1.54, 1.807) is 6.07 Å². The molecule has 0 saturated carbocycles. The summed E-state index contributed by atoms with van der Waals surface area (Å²) in [6, 6.07) is 4.54. The molecule has 5 nitrogen and oxygen atoms in total. The first-order chi connectivity index (χ1) is 12.7. The van der Waals surface area contributed by atoms with Crippen LogP contribution < -0.4 is 10.6 Å². The Balaban J connectivity index is 0.00000392. The van der Waals surface area contributed by atoms with E-state index in [1.165, 1.54) is 12.1 Å². The molecule has 156 valence electrons. The summed E-state index contributed by atoms with van der Waals surface area (Å²) in [5.74, 6) is 0.399. The molecule has 2 aromatic rings. The van der Waals surface area contributed by atoms with E-state index >= 15 is 0 Å². The van der Waals surface area contributed by atoms with Crippen molar-refractivity contribution in [1.82, 2.24) is 20.4 Å². The van der Waals surface area contributed by atoms with E-state index in [4.69, 9.17) is 16.6 Å². The van der Waals surface area contributed by atoms with Gasteiger partial charge in [0.1, 0.15) is 5.82 Å². The molecular weight excluding hydrogens is 492 g/mol. The largest absolute Gasteiger partial charge is 0.357 e. The summed E-state index contributed by atoms with van der Waals surface area (Å²) in [5.41, 5.74) is 3.85. The second-order valence-electron chi connectivity index (χ2n) is 7.33. The van der Waals surface area contributed by atoms with Crippen LogP contribution in [0.5, 0.6) is 0 Å². The van der Waals surface area contributed by atoms with Crippen LogP contribution in [0.4, 0.5) is 4.39 Å². The zero-order valence-corrected chi connectivity index (χ0v) is 20.4. The van der Waals surface area contributed by atoms with Crippen molar-refractivity contribution in [2.24, 2.45) is 12.0 Å². The van der Waals surface area contributed by atoms with Crippen LogP contribution in [0.1, 0.15) is 43.3 Å². The lowest BCUT2D eigenvalue weighted by molar-refractivity contribution is 0.507. The molecule has 1 aromatic carbocycles. The SMILES string of the molecule is CCNC(=NCc1c(C)nn(C)c1C)NCC(C)(C)c1ccc(F)cc1Cl.I. The highest BCUT2D eigenvalue weighted by molar-refractivity contribution is 14.0. The first-order valence-corrected chi connectivity index (χ1v) is 9.50. The monoisotopic (exact) mass is 521 g/mol. The number of aliphatic imine (C=N–C) groups is 1. The van der Waals surface area contributed by atoms with Gasteiger partial charge in [-0.2, -0.15) is 5.10 Å². The minimum absolute atomic E-state index is 0. The van der Waals surface area contributed by atoms with Crippen LogP contribution >= 0.6 is 35.6 Å². The van der Waals surface area contributed by atoms with Gasteiger partial charge in [0.15, 0.2) is 5.96 Å². The van der Waals surface area contributed by atoms with Gasteiger partial charge in [0.05, 0.1) is 12.2 Å². The van der Waals surface area contributed by atoms with Crippen LogP contribution in [0.15, 0.2) is 23.2 Å². The summed E-state index contributed by atoms with van der Waals surface area (Å²) < 4.78 is 15.2. The third-order valence-corrected chi connectivity index (χ3v) is 5.07. The van der Waals surface area contributed by atoms with Gasteiger partial charge < -0.3 is 10.6 Å². The molecule has 0 saturated heterocycles. The Labute approximate surface area is 189 Å². The van der Waals surface area contributed by atoms with Gasteiger partial charge in [-0.15, -0.1) is 24.0 Å². The summed E-state index contributed by atoms with van der Waals surface area (Å²) in [4.78, 5) is 4.70. The summed E-state index contributed by atoms with van der Waals surface area (Å²) >= 11 is 6.25. The van der Waals surface area contributed by atoms with Gasteiger partial charge in [-0.1, -0.05) is 31.5 Å². The number of halogens is 3. The quantitative estimate of drug-likeness (QED) is 0.335. The number of rotatable bonds is 6. The first kappa shape index (κ1) is 24.7. The predicted molar refractivity (Wildman–Crippen MR) is 125 cm³/mol. The van der Waals surface area contributed by atoms with Crippen LogP contribution in [0.25, 0.3) is 0 Å². The lowest BCUT2D eigenvalue weighted by atomic mass is 9.84. The van der Waals surface area contributed by atoms with E-state index in [-0.39, 0.29) is 35.2 Å². The molecule has 2 rings (SSSR count). The van der Waals surface area contributed by atoms with Gasteiger partial charge in [0.2, 0.25) is 0 Å². The van der Waals surface area contributed by atoms with Crippen molar-refractivity contribution in [3.05, 3.63) is 51.6 Å². The summed E-state index contributed by atoms with van der Waals surface area (Å²) in [6.45, 7) is 12.1. The molecule has 0 unspecified atom stereocenters. The Hall–Kier alpha value is -1.35. The maximum atomic E-state index is 13.3. The first-order valence-electron chi connectivity index (χ1n) is 9.12. The Kier molecular flexibility index (Phi) is 9.20. The second-order valence-corrected chi connectivity index (χ2v) is 7.74. The molecule has 0 aliphatic rings. The Morgan fingerprint density at radius 3 is 2.50 bits per heavy atom. The van der Waals surface area contributed by atoms with Crippen LogP contribution in [0.2, 0.25) is 5.02 Å². The molecule has 0 aliphatic carbocycles. The highest BCUT2D eigenvalue weighted by Crippen LogP contribution is 2.29. The van der Waals surface area contributed by atoms with Crippen LogP contribution in [0, 0.1) is 19.7 Å². The molecule has 0 amide bonds. The third-order valence-electron chi connectivity index (χ3n) is 4.76. The lowest BCUT2D eigenvalue weighted by Crippen LogP contribution is -2.43. The number of hydrogen-bond donors (Lipinski definition) is 2. The predicted octanol–water partition coefficient (Wildman–Crippen LogP) is 4.48. The zero-order valence-electron chi connectivity index (χ0n) is 17.4. The highest BCUT2D eigenvalue weighted by Gasteiger charge is 2.24. The number of aromatic nitrogens is 2. The normalized spacial score (nSPS) is 11.9. The average molecular weight is 522 g/mol. The van der Waals surface area contributed by atoms with Crippen LogP contribution in [-0.2, 0) is 19.0 Å². The summed E-state index contributed by atoms with van der Waals surface area (Å²) in [6.07, 6.45) is 0. The fraction of sp³-hybridized carbons (Fsp3) is 0.500. The van der Waals surface area contributed by atoms with E-state index in [0.717, 1.165) is 35.0 Å². The molecule has 1 aromatic heterocycles. The number of nitrogens with zero attached hydrogens (tertiary/aromatic N) is 3. The molecule has 0 fully saturated rings. The van der Waals surface area contributed by atoms with Crippen molar-refractivity contribution in [1.29, 1.82) is 0 Å². The van der Waals surface area contributed by atoms with E-state index in [9.17, 15) is 4.39 Å². The smallest absolute Gasteiger partial charge is 0.191 e. The molecule has 1 heterocycles. The molecule has 0 aliphatic heterocycles. The number of guanidine groups is 1. The van der Waals surface area contributed by atoms with E-state index in [2.05, 4.69) is 29.6 Å². The molecule has 2 N–H and O–H groups in total. The van der Waals surface area contributed by atoms with Gasteiger partial charge in [0, 0.05) is 41.8 Å². The standard InChI is InChI=1S/C20H29ClFN5.HI/c1-7-23-19(24-11-16-13(2)26-27(6)14(16)3)25-12-20(4,5)17-9-8-15(22)10-18(17)21;/h8-10H,7,11-12H2,1-6H3,(H2,23,24,25);1H. The zero-order chi connectivity index (χ0) is 20.2. The van der Waals surface area contributed by atoms with Crippen LogP contribution in [-0.4, -0.2) is 28.8 Å².